The molecule has 94 valence electrons. The molecule has 0 spiro atoms. The molecule has 0 aromatic rings. The maximum Gasteiger partial charge on any atom is 0.0114 e. The van der Waals surface area contributed by atoms with Crippen LogP contribution in [0.2, 0.25) is 0 Å². The first kappa shape index (κ1) is 12.4. The first-order valence-corrected chi connectivity index (χ1v) is 7.19. The van der Waals surface area contributed by atoms with Gasteiger partial charge in [0.1, 0.15) is 0 Å². The fourth-order valence-corrected chi connectivity index (χ4v) is 3.50. The Morgan fingerprint density at radius 1 is 1.19 bits per heavy atom. The smallest absolute Gasteiger partial charge is 0.0114 e. The molecule has 2 heterocycles. The summed E-state index contributed by atoms with van der Waals surface area (Å²) in [6.45, 7) is 9.38. The van der Waals surface area contributed by atoms with Gasteiger partial charge in [-0.3, -0.25) is 4.90 Å². The van der Waals surface area contributed by atoms with Crippen molar-refractivity contribution < 1.29 is 0 Å². The second kappa shape index (κ2) is 5.50. The zero-order valence-corrected chi connectivity index (χ0v) is 11.2. The molecule has 2 aliphatic rings. The van der Waals surface area contributed by atoms with Gasteiger partial charge in [0.05, 0.1) is 0 Å². The third kappa shape index (κ3) is 2.78. The van der Waals surface area contributed by atoms with Crippen LogP contribution in [0.5, 0.6) is 0 Å². The summed E-state index contributed by atoms with van der Waals surface area (Å²) in [5.41, 5.74) is 0. The van der Waals surface area contributed by atoms with Gasteiger partial charge in [-0.25, -0.2) is 0 Å². The molecule has 2 aliphatic heterocycles. The molecule has 0 aromatic carbocycles. The second-order valence-corrected chi connectivity index (χ2v) is 6.03. The number of hydrogen-bond donors (Lipinski definition) is 1. The van der Waals surface area contributed by atoms with Gasteiger partial charge in [-0.15, -0.1) is 0 Å². The van der Waals surface area contributed by atoms with E-state index in [2.05, 4.69) is 31.0 Å². The first-order valence-electron chi connectivity index (χ1n) is 7.19. The minimum atomic E-state index is 0.804. The fraction of sp³-hybridized carbons (Fsp3) is 1.00. The highest BCUT2D eigenvalue weighted by atomic mass is 15.2. The lowest BCUT2D eigenvalue weighted by atomic mass is 9.96. The lowest BCUT2D eigenvalue weighted by Gasteiger charge is -2.39. The van der Waals surface area contributed by atoms with Gasteiger partial charge in [-0.05, 0) is 51.1 Å². The van der Waals surface area contributed by atoms with Crippen LogP contribution in [0.3, 0.4) is 0 Å². The molecule has 0 aliphatic carbocycles. The Morgan fingerprint density at radius 3 is 2.31 bits per heavy atom. The van der Waals surface area contributed by atoms with Crippen molar-refractivity contribution in [3.8, 4) is 0 Å². The molecule has 2 fully saturated rings. The first-order chi connectivity index (χ1) is 7.70. The van der Waals surface area contributed by atoms with E-state index in [1.54, 1.807) is 0 Å². The van der Waals surface area contributed by atoms with Crippen LogP contribution >= 0.6 is 0 Å². The zero-order valence-electron chi connectivity index (χ0n) is 11.2. The Hall–Kier alpha value is -0.0800. The Bertz CT molecular complexity index is 201. The average Bonchev–Trinajstić information content (AvgIpc) is 2.46. The van der Waals surface area contributed by atoms with Gasteiger partial charge >= 0.3 is 0 Å². The second-order valence-electron chi connectivity index (χ2n) is 6.03. The third-order valence-electron chi connectivity index (χ3n) is 4.34. The van der Waals surface area contributed by atoms with Gasteiger partial charge < -0.3 is 5.32 Å². The zero-order chi connectivity index (χ0) is 11.5. The number of nitrogens with zero attached hydrogens (tertiary/aromatic N) is 1. The van der Waals surface area contributed by atoms with Crippen molar-refractivity contribution >= 4 is 0 Å². The van der Waals surface area contributed by atoms with E-state index in [-0.39, 0.29) is 0 Å². The molecule has 1 N–H and O–H groups in total. The molecule has 2 rings (SSSR count). The lowest BCUT2D eigenvalue weighted by molar-refractivity contribution is 0.112. The molecular formula is C14H28N2. The average molecular weight is 224 g/mol. The Balaban J connectivity index is 1.84. The van der Waals surface area contributed by atoms with Crippen molar-refractivity contribution in [3.05, 3.63) is 0 Å². The Morgan fingerprint density at radius 2 is 1.81 bits per heavy atom. The summed E-state index contributed by atoms with van der Waals surface area (Å²) in [7, 11) is 0. The summed E-state index contributed by atoms with van der Waals surface area (Å²) in [5.74, 6) is 0.853. The predicted octanol–water partition coefficient (Wildman–Crippen LogP) is 2.64. The molecule has 2 saturated heterocycles. The van der Waals surface area contributed by atoms with Crippen molar-refractivity contribution in [2.75, 3.05) is 13.1 Å². The minimum absolute atomic E-state index is 0.804. The van der Waals surface area contributed by atoms with Crippen LogP contribution in [0.15, 0.2) is 0 Å². The molecule has 0 radical (unpaired) electrons. The van der Waals surface area contributed by atoms with Crippen LogP contribution in [0.4, 0.5) is 0 Å². The van der Waals surface area contributed by atoms with E-state index >= 15 is 0 Å². The highest BCUT2D eigenvalue weighted by molar-refractivity contribution is 4.97. The Labute approximate surface area is 101 Å². The molecular weight excluding hydrogens is 196 g/mol. The summed E-state index contributed by atoms with van der Waals surface area (Å²) in [4.78, 5) is 2.81. The third-order valence-corrected chi connectivity index (χ3v) is 4.34. The molecule has 2 bridgehead atoms. The van der Waals surface area contributed by atoms with Gasteiger partial charge in [0.2, 0.25) is 0 Å². The monoisotopic (exact) mass is 224 g/mol. The van der Waals surface area contributed by atoms with E-state index in [0.717, 1.165) is 30.6 Å². The maximum atomic E-state index is 3.64. The predicted molar refractivity (Wildman–Crippen MR) is 69.7 cm³/mol. The molecule has 2 unspecified atom stereocenters. The number of rotatable bonds is 5. The topological polar surface area (TPSA) is 15.3 Å². The van der Waals surface area contributed by atoms with Crippen LogP contribution in [0, 0.1) is 5.92 Å². The minimum Gasteiger partial charge on any atom is -0.314 e. The van der Waals surface area contributed by atoms with Crippen LogP contribution in [-0.2, 0) is 0 Å². The van der Waals surface area contributed by atoms with E-state index in [4.69, 9.17) is 0 Å². The summed E-state index contributed by atoms with van der Waals surface area (Å²) < 4.78 is 0. The number of fused-ring (bicyclic) bond motifs is 2. The van der Waals surface area contributed by atoms with Crippen LogP contribution in [0.1, 0.15) is 52.9 Å². The standard InChI is InChI=1S/C14H28N2/c1-4-15-12-9-13-5-6-14(10-12)16(13)8-7-11(2)3/h11-15H,4-10H2,1-3H3. The van der Waals surface area contributed by atoms with Crippen molar-refractivity contribution in [3.63, 3.8) is 0 Å². The maximum absolute atomic E-state index is 3.64. The van der Waals surface area contributed by atoms with Crippen molar-refractivity contribution in [1.29, 1.82) is 0 Å². The van der Waals surface area contributed by atoms with Crippen molar-refractivity contribution in [1.82, 2.24) is 10.2 Å². The van der Waals surface area contributed by atoms with E-state index < -0.39 is 0 Å². The van der Waals surface area contributed by atoms with Gasteiger partial charge in [-0.2, -0.15) is 0 Å². The van der Waals surface area contributed by atoms with Crippen LogP contribution in [-0.4, -0.2) is 36.1 Å². The quantitative estimate of drug-likeness (QED) is 0.772. The molecule has 0 amide bonds. The SMILES string of the molecule is CCNC1CC2CCC(C1)N2CCC(C)C. The summed E-state index contributed by atoms with van der Waals surface area (Å²) in [5, 5.41) is 3.64. The van der Waals surface area contributed by atoms with Gasteiger partial charge in [0.15, 0.2) is 0 Å². The number of nitrogens with one attached hydrogen (secondary N) is 1. The van der Waals surface area contributed by atoms with E-state index in [1.165, 1.54) is 38.6 Å². The lowest BCUT2D eigenvalue weighted by Crippen LogP contribution is -2.49. The van der Waals surface area contributed by atoms with Gasteiger partial charge in [0, 0.05) is 18.1 Å². The molecule has 16 heavy (non-hydrogen) atoms. The van der Waals surface area contributed by atoms with Crippen molar-refractivity contribution in [2.45, 2.75) is 71.0 Å². The van der Waals surface area contributed by atoms with Gasteiger partial charge in [0.25, 0.3) is 0 Å². The highest BCUT2D eigenvalue weighted by Crippen LogP contribution is 2.35. The number of piperidine rings is 1. The molecule has 2 atom stereocenters. The van der Waals surface area contributed by atoms with E-state index in [9.17, 15) is 0 Å². The highest BCUT2D eigenvalue weighted by Gasteiger charge is 2.39. The number of hydrogen-bond acceptors (Lipinski definition) is 2. The van der Waals surface area contributed by atoms with Crippen molar-refractivity contribution in [2.24, 2.45) is 5.92 Å². The van der Waals surface area contributed by atoms with Crippen LogP contribution in [0.25, 0.3) is 0 Å². The summed E-state index contributed by atoms with van der Waals surface area (Å²) in [6.07, 6.45) is 7.05. The Kier molecular flexibility index (Phi) is 4.26. The van der Waals surface area contributed by atoms with Crippen LogP contribution < -0.4 is 5.32 Å². The van der Waals surface area contributed by atoms with E-state index in [0.29, 0.717) is 0 Å². The summed E-state index contributed by atoms with van der Waals surface area (Å²) >= 11 is 0. The molecule has 0 saturated carbocycles. The molecule has 2 heteroatoms. The molecule has 0 aromatic heterocycles. The summed E-state index contributed by atoms with van der Waals surface area (Å²) in [6, 6.07) is 2.58. The normalized spacial score (nSPS) is 34.9. The molecule has 2 nitrogen and oxygen atoms in total. The van der Waals surface area contributed by atoms with Gasteiger partial charge in [-0.1, -0.05) is 20.8 Å². The largest absolute Gasteiger partial charge is 0.314 e. The van der Waals surface area contributed by atoms with E-state index in [1.807, 2.05) is 0 Å². The fourth-order valence-electron chi connectivity index (χ4n) is 3.50.